The van der Waals surface area contributed by atoms with Crippen LogP contribution in [0, 0.1) is 6.92 Å². The molecule has 1 rings (SSSR count). The maximum atomic E-state index is 11.9. The highest BCUT2D eigenvalue weighted by Gasteiger charge is 2.28. The molecule has 0 unspecified atom stereocenters. The lowest BCUT2D eigenvalue weighted by Crippen LogP contribution is -2.20. The topological polar surface area (TPSA) is 47.0 Å². The number of hydrogen-bond acceptors (Lipinski definition) is 4. The Hall–Kier alpha value is -1.53. The number of halogens is 3. The van der Waals surface area contributed by atoms with E-state index in [1.807, 2.05) is 6.92 Å². The molecule has 16 heavy (non-hydrogen) atoms. The molecule has 7 heteroatoms. The molecule has 0 saturated carbocycles. The van der Waals surface area contributed by atoms with E-state index in [0.717, 1.165) is 0 Å². The Morgan fingerprint density at radius 1 is 1.38 bits per heavy atom. The number of aromatic nitrogens is 2. The second-order valence-electron chi connectivity index (χ2n) is 3.07. The Morgan fingerprint density at radius 3 is 2.62 bits per heavy atom. The molecule has 0 aromatic carbocycles. The minimum absolute atomic E-state index is 0.0826. The molecular formula is C9H12F3N3O. The van der Waals surface area contributed by atoms with Gasteiger partial charge in [0.2, 0.25) is 5.88 Å². The predicted octanol–water partition coefficient (Wildman–Crippen LogP) is 2.16. The Bertz CT molecular complexity index is 354. The normalized spacial score (nSPS) is 11.3. The SMILES string of the molecule is CCNc1cc(OCC(F)(F)F)nc(C)n1. The van der Waals surface area contributed by atoms with E-state index in [1.54, 1.807) is 6.92 Å². The van der Waals surface area contributed by atoms with E-state index in [2.05, 4.69) is 20.0 Å². The lowest BCUT2D eigenvalue weighted by Gasteiger charge is -2.10. The molecule has 0 aliphatic carbocycles. The molecule has 1 aromatic rings. The second kappa shape index (κ2) is 5.00. The lowest BCUT2D eigenvalue weighted by atomic mass is 10.5. The van der Waals surface area contributed by atoms with Crippen molar-refractivity contribution in [1.82, 2.24) is 9.97 Å². The molecule has 0 bridgehead atoms. The van der Waals surface area contributed by atoms with Gasteiger partial charge in [0.15, 0.2) is 6.61 Å². The van der Waals surface area contributed by atoms with Crippen LogP contribution in [0.3, 0.4) is 0 Å². The van der Waals surface area contributed by atoms with Crippen LogP contribution in [0.1, 0.15) is 12.7 Å². The molecule has 1 aromatic heterocycles. The minimum Gasteiger partial charge on any atom is -0.468 e. The second-order valence-corrected chi connectivity index (χ2v) is 3.07. The number of ether oxygens (including phenoxy) is 1. The third-order valence-corrected chi connectivity index (χ3v) is 1.56. The van der Waals surface area contributed by atoms with Gasteiger partial charge in [-0.3, -0.25) is 0 Å². The third-order valence-electron chi connectivity index (χ3n) is 1.56. The predicted molar refractivity (Wildman–Crippen MR) is 52.5 cm³/mol. The van der Waals surface area contributed by atoms with Crippen LogP contribution in [-0.2, 0) is 0 Å². The van der Waals surface area contributed by atoms with Crippen molar-refractivity contribution in [3.05, 3.63) is 11.9 Å². The molecule has 0 atom stereocenters. The molecule has 0 radical (unpaired) electrons. The van der Waals surface area contributed by atoms with Crippen LogP contribution in [0.15, 0.2) is 6.07 Å². The molecule has 0 fully saturated rings. The van der Waals surface area contributed by atoms with E-state index in [9.17, 15) is 13.2 Å². The number of alkyl halides is 3. The summed E-state index contributed by atoms with van der Waals surface area (Å²) in [5, 5.41) is 2.87. The van der Waals surface area contributed by atoms with E-state index in [0.29, 0.717) is 18.2 Å². The van der Waals surface area contributed by atoms with Gasteiger partial charge in [0.1, 0.15) is 11.6 Å². The highest BCUT2D eigenvalue weighted by atomic mass is 19.4. The maximum Gasteiger partial charge on any atom is 0.422 e. The van der Waals surface area contributed by atoms with Crippen LogP contribution < -0.4 is 10.1 Å². The van der Waals surface area contributed by atoms with E-state index in [1.165, 1.54) is 6.07 Å². The molecular weight excluding hydrogens is 223 g/mol. The fraction of sp³-hybridized carbons (Fsp3) is 0.556. The van der Waals surface area contributed by atoms with Crippen molar-refractivity contribution in [2.75, 3.05) is 18.5 Å². The average molecular weight is 235 g/mol. The first-order valence-corrected chi connectivity index (χ1v) is 4.70. The molecule has 0 saturated heterocycles. The number of hydrogen-bond donors (Lipinski definition) is 1. The van der Waals surface area contributed by atoms with Gasteiger partial charge < -0.3 is 10.1 Å². The highest BCUT2D eigenvalue weighted by molar-refractivity contribution is 5.38. The first kappa shape index (κ1) is 12.5. The summed E-state index contributed by atoms with van der Waals surface area (Å²) in [6.45, 7) is 2.71. The van der Waals surface area contributed by atoms with Gasteiger partial charge in [-0.1, -0.05) is 0 Å². The first-order valence-electron chi connectivity index (χ1n) is 4.70. The zero-order chi connectivity index (χ0) is 12.2. The summed E-state index contributed by atoms with van der Waals surface area (Å²) in [7, 11) is 0. The molecule has 1 heterocycles. The van der Waals surface area contributed by atoms with Crippen LogP contribution in [-0.4, -0.2) is 29.3 Å². The Kier molecular flexibility index (Phi) is 3.92. The van der Waals surface area contributed by atoms with Gasteiger partial charge in [-0.25, -0.2) is 4.98 Å². The summed E-state index contributed by atoms with van der Waals surface area (Å²) in [4.78, 5) is 7.73. The fourth-order valence-corrected chi connectivity index (χ4v) is 1.04. The lowest BCUT2D eigenvalue weighted by molar-refractivity contribution is -0.154. The van der Waals surface area contributed by atoms with Crippen molar-refractivity contribution in [3.63, 3.8) is 0 Å². The number of nitrogens with one attached hydrogen (secondary N) is 1. The Labute approximate surface area is 90.9 Å². The van der Waals surface area contributed by atoms with Crippen LogP contribution in [0.5, 0.6) is 5.88 Å². The van der Waals surface area contributed by atoms with Crippen LogP contribution in [0.2, 0.25) is 0 Å². The fourth-order valence-electron chi connectivity index (χ4n) is 1.04. The summed E-state index contributed by atoms with van der Waals surface area (Å²) in [6.07, 6.45) is -4.36. The molecule has 0 aliphatic heterocycles. The largest absolute Gasteiger partial charge is 0.468 e. The van der Waals surface area contributed by atoms with Crippen molar-refractivity contribution in [2.24, 2.45) is 0 Å². The number of rotatable bonds is 4. The molecule has 4 nitrogen and oxygen atoms in total. The van der Waals surface area contributed by atoms with Gasteiger partial charge in [0.25, 0.3) is 0 Å². The summed E-state index contributed by atoms with van der Waals surface area (Å²) in [6, 6.07) is 1.34. The molecule has 90 valence electrons. The summed E-state index contributed by atoms with van der Waals surface area (Å²) in [5.74, 6) is 0.726. The Morgan fingerprint density at radius 2 is 2.06 bits per heavy atom. The van der Waals surface area contributed by atoms with E-state index >= 15 is 0 Å². The van der Waals surface area contributed by atoms with Crippen molar-refractivity contribution in [2.45, 2.75) is 20.0 Å². The minimum atomic E-state index is -4.36. The zero-order valence-electron chi connectivity index (χ0n) is 8.93. The van der Waals surface area contributed by atoms with Crippen molar-refractivity contribution >= 4 is 5.82 Å². The van der Waals surface area contributed by atoms with Gasteiger partial charge in [0, 0.05) is 12.6 Å². The quantitative estimate of drug-likeness (QED) is 0.868. The summed E-state index contributed by atoms with van der Waals surface area (Å²) >= 11 is 0. The first-order chi connectivity index (χ1) is 7.40. The zero-order valence-corrected chi connectivity index (χ0v) is 8.93. The van der Waals surface area contributed by atoms with Crippen LogP contribution in [0.25, 0.3) is 0 Å². The highest BCUT2D eigenvalue weighted by Crippen LogP contribution is 2.18. The standard InChI is InChI=1S/C9H12F3N3O/c1-3-13-7-4-8(15-6(2)14-7)16-5-9(10,11)12/h4H,3,5H2,1-2H3,(H,13,14,15). The number of nitrogens with zero attached hydrogens (tertiary/aromatic N) is 2. The molecule has 1 N–H and O–H groups in total. The molecule has 0 amide bonds. The van der Waals surface area contributed by atoms with E-state index < -0.39 is 12.8 Å². The van der Waals surface area contributed by atoms with Crippen molar-refractivity contribution in [1.29, 1.82) is 0 Å². The van der Waals surface area contributed by atoms with Gasteiger partial charge in [-0.15, -0.1) is 0 Å². The molecule has 0 spiro atoms. The molecule has 0 aliphatic rings. The number of anilines is 1. The maximum absolute atomic E-state index is 11.9. The monoisotopic (exact) mass is 235 g/mol. The van der Waals surface area contributed by atoms with Crippen LogP contribution in [0.4, 0.5) is 19.0 Å². The third kappa shape index (κ3) is 4.33. The summed E-state index contributed by atoms with van der Waals surface area (Å²) in [5.41, 5.74) is 0. The van der Waals surface area contributed by atoms with E-state index in [-0.39, 0.29) is 5.88 Å². The summed E-state index contributed by atoms with van der Waals surface area (Å²) < 4.78 is 40.2. The van der Waals surface area contributed by atoms with Crippen molar-refractivity contribution in [3.8, 4) is 5.88 Å². The Balaban J connectivity index is 2.72. The smallest absolute Gasteiger partial charge is 0.422 e. The van der Waals surface area contributed by atoms with Gasteiger partial charge in [-0.05, 0) is 13.8 Å². The van der Waals surface area contributed by atoms with Gasteiger partial charge in [0.05, 0.1) is 0 Å². The van der Waals surface area contributed by atoms with Gasteiger partial charge in [-0.2, -0.15) is 18.2 Å². The average Bonchev–Trinajstić information content (AvgIpc) is 2.13. The van der Waals surface area contributed by atoms with Gasteiger partial charge >= 0.3 is 6.18 Å². The van der Waals surface area contributed by atoms with Crippen LogP contribution >= 0.6 is 0 Å². The van der Waals surface area contributed by atoms with E-state index in [4.69, 9.17) is 0 Å². The van der Waals surface area contributed by atoms with Crippen molar-refractivity contribution < 1.29 is 17.9 Å². The number of aryl methyl sites for hydroxylation is 1.